The number of piperidine rings is 1. The van der Waals surface area contributed by atoms with Gasteiger partial charge in [-0.25, -0.2) is 9.37 Å². The maximum atomic E-state index is 14.2. The zero-order valence-corrected chi connectivity index (χ0v) is 43.9. The predicted molar refractivity (Wildman–Crippen MR) is 288 cm³/mol. The highest BCUT2D eigenvalue weighted by Crippen LogP contribution is 2.39. The van der Waals surface area contributed by atoms with Crippen molar-refractivity contribution >= 4 is 51.6 Å². The number of anilines is 3. The Balaban J connectivity index is 0.794. The van der Waals surface area contributed by atoms with Crippen LogP contribution >= 0.6 is 11.6 Å². The van der Waals surface area contributed by atoms with Crippen molar-refractivity contribution in [2.24, 2.45) is 5.92 Å². The summed E-state index contributed by atoms with van der Waals surface area (Å²) >= 11 is 6.82. The number of piperazine rings is 2. The molecular weight excluding hydrogens is 1030 g/mol. The summed E-state index contributed by atoms with van der Waals surface area (Å²) in [5.74, 6) is -1.89. The van der Waals surface area contributed by atoms with Crippen molar-refractivity contribution in [2.45, 2.75) is 64.3 Å². The van der Waals surface area contributed by atoms with Crippen LogP contribution < -0.4 is 20.0 Å². The van der Waals surface area contributed by atoms with Gasteiger partial charge in [-0.2, -0.15) is 23.4 Å². The van der Waals surface area contributed by atoms with Gasteiger partial charge in [0.15, 0.2) is 11.7 Å². The van der Waals surface area contributed by atoms with E-state index in [0.29, 0.717) is 73.7 Å². The van der Waals surface area contributed by atoms with Gasteiger partial charge in [-0.15, -0.1) is 10.2 Å². The Morgan fingerprint density at radius 2 is 1.60 bits per heavy atom. The molecule has 4 aromatic carbocycles. The highest BCUT2D eigenvalue weighted by molar-refractivity contribution is 6.36. The Hall–Kier alpha value is -7.54. The van der Waals surface area contributed by atoms with Gasteiger partial charge in [0, 0.05) is 107 Å². The predicted octanol–water partition coefficient (Wildman–Crippen LogP) is 7.81. The second-order valence-corrected chi connectivity index (χ2v) is 20.8. The third-order valence-electron chi connectivity index (χ3n) is 15.4. The number of carbonyl (C=O) groups is 2. The van der Waals surface area contributed by atoms with Crippen LogP contribution in [0.1, 0.15) is 59.2 Å². The van der Waals surface area contributed by atoms with E-state index in [9.17, 15) is 42.6 Å². The number of aryl methyl sites for hydroxylation is 1. The molecule has 17 nitrogen and oxygen atoms in total. The molecule has 408 valence electrons. The standard InChI is InChI=1S/C56H60ClF4N13O4/c1-3-38-28-43(48(76)29-47(38)75)51-66-67-52(53(77)63-34-56(59,60)61)74(51)40-12-10-36(11-13-40)30-68-22-24-69(25-23-68)31-37-15-19-70(20-16-37)55-64-45-33-71(46-9-5-7-39-6-4-8-44(57)49(39)46)21-17-42(45)50(65-55)72-26-27-73(54(78)35(2)58)41(32-72)14-18-62/h4-13,28-29,37,41,75-76H,2-3,14-17,19-27,30-34H2,1H3,(H,63,77). The maximum Gasteiger partial charge on any atom is 0.405 e. The number of nitriles is 1. The van der Waals surface area contributed by atoms with Crippen molar-refractivity contribution < 1.29 is 37.4 Å². The first kappa shape index (κ1) is 53.8. The van der Waals surface area contributed by atoms with Crippen LogP contribution in [0, 0.1) is 17.2 Å². The molecule has 0 aliphatic carbocycles. The number of fused-ring (bicyclic) bond motifs is 2. The lowest BCUT2D eigenvalue weighted by atomic mass is 9.96. The number of aromatic hydroxyl groups is 2. The molecule has 22 heteroatoms. The van der Waals surface area contributed by atoms with Gasteiger partial charge in [-0.05, 0) is 78.4 Å². The normalized spacial score (nSPS) is 17.8. The van der Waals surface area contributed by atoms with Crippen LogP contribution in [0.2, 0.25) is 5.02 Å². The van der Waals surface area contributed by atoms with Crippen molar-refractivity contribution in [1.82, 2.24) is 44.7 Å². The average Bonchev–Trinajstić information content (AvgIpc) is 3.89. The number of alkyl halides is 3. The monoisotopic (exact) mass is 1090 g/mol. The number of amides is 2. The van der Waals surface area contributed by atoms with Gasteiger partial charge < -0.3 is 40.0 Å². The fourth-order valence-corrected chi connectivity index (χ4v) is 11.6. The topological polar surface area (TPSA) is 186 Å². The van der Waals surface area contributed by atoms with Crippen molar-refractivity contribution in [1.29, 1.82) is 5.26 Å². The van der Waals surface area contributed by atoms with Gasteiger partial charge in [0.1, 0.15) is 23.9 Å². The number of hydrogen-bond acceptors (Lipinski definition) is 14. The number of phenolic OH excluding ortho intramolecular Hbond substituents is 2. The summed E-state index contributed by atoms with van der Waals surface area (Å²) in [6.45, 7) is 12.3. The Kier molecular flexibility index (Phi) is 15.7. The van der Waals surface area contributed by atoms with E-state index in [1.165, 1.54) is 15.5 Å². The lowest BCUT2D eigenvalue weighted by molar-refractivity contribution is -0.131. The quantitative estimate of drug-likeness (QED) is 0.0709. The highest BCUT2D eigenvalue weighted by atomic mass is 35.5. The number of benzene rings is 4. The van der Waals surface area contributed by atoms with Crippen LogP contribution in [0.15, 0.2) is 85.2 Å². The van der Waals surface area contributed by atoms with Gasteiger partial charge in [-0.3, -0.25) is 19.1 Å². The van der Waals surface area contributed by atoms with E-state index >= 15 is 0 Å². The minimum Gasteiger partial charge on any atom is -0.508 e. The van der Waals surface area contributed by atoms with E-state index in [-0.39, 0.29) is 35.9 Å². The molecule has 6 heterocycles. The fraction of sp³-hybridized carbons (Fsp3) is 0.411. The van der Waals surface area contributed by atoms with Crippen LogP contribution in [-0.2, 0) is 30.7 Å². The molecule has 6 aromatic rings. The first-order chi connectivity index (χ1) is 37.5. The fourth-order valence-electron chi connectivity index (χ4n) is 11.3. The molecular formula is C56H60ClF4N13O4. The van der Waals surface area contributed by atoms with Crippen LogP contribution in [0.5, 0.6) is 11.5 Å². The third kappa shape index (κ3) is 11.5. The smallest absolute Gasteiger partial charge is 0.405 e. The maximum absolute atomic E-state index is 14.2. The first-order valence-electron chi connectivity index (χ1n) is 26.3. The Morgan fingerprint density at radius 1 is 0.872 bits per heavy atom. The second kappa shape index (κ2) is 22.8. The lowest BCUT2D eigenvalue weighted by Crippen LogP contribution is -2.56. The van der Waals surface area contributed by atoms with Crippen LogP contribution in [-0.4, -0.2) is 152 Å². The first-order valence-corrected chi connectivity index (χ1v) is 26.7. The van der Waals surface area contributed by atoms with Crippen LogP contribution in [0.3, 0.4) is 0 Å². The van der Waals surface area contributed by atoms with Gasteiger partial charge in [0.05, 0.1) is 41.4 Å². The number of nitrogens with zero attached hydrogens (tertiary/aromatic N) is 12. The number of aromatic nitrogens is 5. The lowest BCUT2D eigenvalue weighted by Gasteiger charge is -2.43. The summed E-state index contributed by atoms with van der Waals surface area (Å²) in [6.07, 6.45) is -1.63. The molecule has 1 unspecified atom stereocenters. The molecule has 78 heavy (non-hydrogen) atoms. The van der Waals surface area contributed by atoms with E-state index in [1.54, 1.807) is 12.1 Å². The van der Waals surface area contributed by atoms with Gasteiger partial charge in [-0.1, -0.05) is 61.5 Å². The molecule has 2 aromatic heterocycles. The molecule has 1 atom stereocenters. The molecule has 3 fully saturated rings. The zero-order chi connectivity index (χ0) is 54.8. The molecule has 3 saturated heterocycles. The van der Waals surface area contributed by atoms with Gasteiger partial charge in [0.2, 0.25) is 11.8 Å². The number of hydrogen-bond donors (Lipinski definition) is 3. The van der Waals surface area contributed by atoms with Gasteiger partial charge >= 0.3 is 6.18 Å². The van der Waals surface area contributed by atoms with Crippen LogP contribution in [0.4, 0.5) is 35.0 Å². The SMILES string of the molecule is C=C(F)C(=O)N1CCN(c2nc(N3CCC(CN4CCN(Cc5ccc(-n6c(C(=O)NCC(F)(F)F)nnc6-c6cc(CC)c(O)cc6O)cc5)CC4)CC3)nc3c2CCN(c2cccc4cccc(Cl)c24)C3)CC1CC#N. The van der Waals surface area contributed by atoms with E-state index in [1.807, 2.05) is 42.6 Å². The number of nitrogens with one attached hydrogen (secondary N) is 1. The third-order valence-corrected chi connectivity index (χ3v) is 15.7. The number of halogens is 5. The minimum atomic E-state index is -4.65. The summed E-state index contributed by atoms with van der Waals surface area (Å²) in [4.78, 5) is 49.5. The molecule has 2 amide bonds. The molecule has 3 N–H and O–H groups in total. The Labute approximate surface area is 453 Å². The van der Waals surface area contributed by atoms with E-state index in [2.05, 4.69) is 65.5 Å². The number of phenols is 2. The second-order valence-electron chi connectivity index (χ2n) is 20.4. The Morgan fingerprint density at radius 3 is 2.31 bits per heavy atom. The summed E-state index contributed by atoms with van der Waals surface area (Å²) in [5.41, 5.74) is 5.00. The summed E-state index contributed by atoms with van der Waals surface area (Å²) < 4.78 is 54.8. The van der Waals surface area contributed by atoms with E-state index in [0.717, 1.165) is 104 Å². The zero-order valence-electron chi connectivity index (χ0n) is 43.2. The van der Waals surface area contributed by atoms with Crippen molar-refractivity contribution in [2.75, 3.05) is 93.2 Å². The van der Waals surface area contributed by atoms with Crippen molar-refractivity contribution in [3.8, 4) is 34.6 Å². The summed E-state index contributed by atoms with van der Waals surface area (Å²) in [6, 6.07) is 23.7. The average molecular weight is 1090 g/mol. The minimum absolute atomic E-state index is 0.0167. The van der Waals surface area contributed by atoms with Crippen LogP contribution in [0.25, 0.3) is 27.8 Å². The number of carbonyl (C=O) groups excluding carboxylic acids is 2. The summed E-state index contributed by atoms with van der Waals surface area (Å²) in [5, 5.41) is 43.6. The van der Waals surface area contributed by atoms with E-state index < -0.39 is 42.2 Å². The largest absolute Gasteiger partial charge is 0.508 e. The van der Waals surface area contributed by atoms with Gasteiger partial charge in [0.25, 0.3) is 11.8 Å². The molecule has 0 saturated carbocycles. The Bertz CT molecular complexity index is 3260. The van der Waals surface area contributed by atoms with Crippen molar-refractivity contribution in [3.63, 3.8) is 0 Å². The molecule has 0 radical (unpaired) electrons. The molecule has 10 rings (SSSR count). The highest BCUT2D eigenvalue weighted by Gasteiger charge is 2.37. The molecule has 0 spiro atoms. The number of rotatable bonds is 14. The molecule has 4 aliphatic heterocycles. The van der Waals surface area contributed by atoms with E-state index in [4.69, 9.17) is 21.6 Å². The molecule has 0 bridgehead atoms. The van der Waals surface area contributed by atoms with Crippen molar-refractivity contribution in [3.05, 3.63) is 118 Å². The molecule has 4 aliphatic rings. The summed E-state index contributed by atoms with van der Waals surface area (Å²) in [7, 11) is 0.